The fourth-order valence-electron chi connectivity index (χ4n) is 2.72. The second-order valence-corrected chi connectivity index (χ2v) is 6.90. The first-order valence-electron chi connectivity index (χ1n) is 7.46. The number of aromatic nitrogens is 3. The zero-order valence-electron chi connectivity index (χ0n) is 14.9. The molecule has 2 aromatic heterocycles. The Morgan fingerprint density at radius 2 is 1.75 bits per heavy atom. The van der Waals surface area contributed by atoms with Crippen molar-refractivity contribution in [3.8, 4) is 11.4 Å². The molecule has 9 heteroatoms. The minimum atomic E-state index is -2.73. The van der Waals surface area contributed by atoms with Crippen LogP contribution in [0.2, 0.25) is 0 Å². The maximum Gasteiger partial charge on any atom is 1.00 e. The molecule has 0 amide bonds. The van der Waals surface area contributed by atoms with Crippen molar-refractivity contribution in [1.82, 2.24) is 14.8 Å². The summed E-state index contributed by atoms with van der Waals surface area (Å²) < 4.78 is 26.4. The molecule has 0 atom stereocenters. The van der Waals surface area contributed by atoms with E-state index in [4.69, 9.17) is 9.31 Å². The van der Waals surface area contributed by atoms with E-state index < -0.39 is 23.8 Å². The molecule has 124 valence electrons. The van der Waals surface area contributed by atoms with E-state index in [0.717, 1.165) is 6.20 Å². The van der Waals surface area contributed by atoms with Gasteiger partial charge in [-0.05, 0) is 46.0 Å². The Labute approximate surface area is 152 Å². The molecule has 1 saturated heterocycles. The van der Waals surface area contributed by atoms with Gasteiger partial charge in [0.25, 0.3) is 0 Å². The fraction of sp³-hybridized carbons (Fsp3) is 0.467. The van der Waals surface area contributed by atoms with E-state index >= 15 is 0 Å². The van der Waals surface area contributed by atoms with E-state index in [1.165, 1.54) is 12.1 Å². The summed E-state index contributed by atoms with van der Waals surface area (Å²) in [4.78, 5) is 4.03. The molecule has 6 nitrogen and oxygen atoms in total. The molecule has 24 heavy (non-hydrogen) atoms. The summed E-state index contributed by atoms with van der Waals surface area (Å²) >= 11 is 0. The van der Waals surface area contributed by atoms with Crippen molar-refractivity contribution in [1.29, 1.82) is 0 Å². The van der Waals surface area contributed by atoms with Gasteiger partial charge in [0.05, 0.1) is 17.6 Å². The van der Waals surface area contributed by atoms with Gasteiger partial charge < -0.3 is 14.3 Å². The zero-order valence-corrected chi connectivity index (χ0v) is 14.9. The predicted molar refractivity (Wildman–Crippen MR) is 84.3 cm³/mol. The number of pyridine rings is 1. The molecule has 0 saturated carbocycles. The third kappa shape index (κ3) is 3.05. The summed E-state index contributed by atoms with van der Waals surface area (Å²) in [6, 6.07) is 2.80. The van der Waals surface area contributed by atoms with Crippen molar-refractivity contribution in [2.24, 2.45) is 7.05 Å². The molecule has 1 fully saturated rings. The number of nitrogens with zero attached hydrogens (tertiary/aromatic N) is 3. The first-order chi connectivity index (χ1) is 10.5. The zero-order chi connectivity index (χ0) is 17.0. The van der Waals surface area contributed by atoms with Gasteiger partial charge in [0.1, 0.15) is 5.82 Å². The van der Waals surface area contributed by atoms with Crippen molar-refractivity contribution < 1.29 is 37.6 Å². The monoisotopic (exact) mass is 327 g/mol. The van der Waals surface area contributed by atoms with Gasteiger partial charge in [-0.1, -0.05) is 5.46 Å². The first-order valence-corrected chi connectivity index (χ1v) is 7.46. The van der Waals surface area contributed by atoms with Crippen molar-refractivity contribution in [3.63, 3.8) is 0 Å². The Hall–Kier alpha value is -1.17. The van der Waals surface area contributed by atoms with Crippen LogP contribution in [0.4, 0.5) is 4.39 Å². The largest absolute Gasteiger partial charge is 1.00 e. The third-order valence-corrected chi connectivity index (χ3v) is 4.58. The molecule has 0 aromatic carbocycles. The molecular weight excluding hydrogens is 307 g/mol. The number of hydrogen-bond acceptors (Lipinski definition) is 5. The summed E-state index contributed by atoms with van der Waals surface area (Å²) in [5.41, 5.74) is -0.142. The van der Waals surface area contributed by atoms with Crippen LogP contribution in [-0.2, 0) is 16.4 Å². The third-order valence-electron chi connectivity index (χ3n) is 4.58. The normalized spacial score (nSPS) is 20.6. The maximum absolute atomic E-state index is 13.1. The quantitative estimate of drug-likeness (QED) is 0.671. The van der Waals surface area contributed by atoms with Gasteiger partial charge in [-0.25, -0.2) is 4.39 Å². The van der Waals surface area contributed by atoms with Crippen molar-refractivity contribution in [2.45, 2.75) is 38.9 Å². The van der Waals surface area contributed by atoms with Crippen molar-refractivity contribution in [2.75, 3.05) is 0 Å². The van der Waals surface area contributed by atoms with Crippen molar-refractivity contribution in [3.05, 3.63) is 30.3 Å². The number of rotatable bonds is 2. The van der Waals surface area contributed by atoms with Gasteiger partial charge in [0.15, 0.2) is 0 Å². The molecule has 0 unspecified atom stereocenters. The SMILES string of the molecule is Cn1cc([B-]2(O)OC(C)(C)C(C)(C)O2)c(-c2ccc(F)cn2)n1.[Li+]. The van der Waals surface area contributed by atoms with Crippen LogP contribution in [0.5, 0.6) is 0 Å². The summed E-state index contributed by atoms with van der Waals surface area (Å²) in [6.07, 6.45) is 2.74. The van der Waals surface area contributed by atoms with Gasteiger partial charge in [-0.2, -0.15) is 5.10 Å². The molecule has 1 aliphatic rings. The predicted octanol–water partition coefficient (Wildman–Crippen LogP) is -1.63. The van der Waals surface area contributed by atoms with Crippen LogP contribution in [0, 0.1) is 5.82 Å². The molecule has 2 aromatic rings. The second-order valence-electron chi connectivity index (χ2n) is 6.90. The van der Waals surface area contributed by atoms with E-state index in [2.05, 4.69) is 10.1 Å². The summed E-state index contributed by atoms with van der Waals surface area (Å²) in [5, 5.41) is 15.3. The Balaban J connectivity index is 0.00000208. The summed E-state index contributed by atoms with van der Waals surface area (Å²) in [6.45, 7) is 4.71. The Kier molecular flexibility index (Phi) is 4.77. The van der Waals surface area contributed by atoms with E-state index in [9.17, 15) is 9.41 Å². The van der Waals surface area contributed by atoms with Crippen LogP contribution < -0.4 is 24.3 Å². The minimum Gasteiger partial charge on any atom is -0.555 e. The Morgan fingerprint density at radius 1 is 1.17 bits per heavy atom. The molecule has 3 rings (SSSR count). The summed E-state index contributed by atoms with van der Waals surface area (Å²) in [7, 11) is 1.72. The van der Waals surface area contributed by atoms with Crippen LogP contribution in [0.15, 0.2) is 24.5 Å². The molecule has 1 N–H and O–H groups in total. The molecule has 1 aliphatic heterocycles. The first kappa shape index (κ1) is 19.2. The van der Waals surface area contributed by atoms with E-state index in [1.54, 1.807) is 17.9 Å². The van der Waals surface area contributed by atoms with Crippen LogP contribution in [0.25, 0.3) is 11.4 Å². The Morgan fingerprint density at radius 3 is 2.25 bits per heavy atom. The average Bonchev–Trinajstić information content (AvgIpc) is 2.87. The number of aryl methyl sites for hydroxylation is 1. The smallest absolute Gasteiger partial charge is 0.555 e. The van der Waals surface area contributed by atoms with Gasteiger partial charge in [-0.15, -0.1) is 0 Å². The maximum atomic E-state index is 13.1. The Bertz CT molecular complexity index is 733. The molecule has 0 radical (unpaired) electrons. The van der Waals surface area contributed by atoms with Crippen LogP contribution in [-0.4, -0.2) is 37.7 Å². The molecular formula is C15H20BFLiN3O3. The minimum absolute atomic E-state index is 0. The molecule has 0 bridgehead atoms. The van der Waals surface area contributed by atoms with E-state index in [0.29, 0.717) is 16.9 Å². The fourth-order valence-corrected chi connectivity index (χ4v) is 2.72. The van der Waals surface area contributed by atoms with Gasteiger partial charge in [0, 0.05) is 18.2 Å². The molecule has 0 spiro atoms. The number of hydrogen-bond donors (Lipinski definition) is 1. The number of halogens is 1. The summed E-state index contributed by atoms with van der Waals surface area (Å²) in [5.74, 6) is -0.439. The van der Waals surface area contributed by atoms with E-state index in [1.807, 2.05) is 27.7 Å². The van der Waals surface area contributed by atoms with Gasteiger partial charge >= 0.3 is 25.6 Å². The van der Waals surface area contributed by atoms with Crippen LogP contribution in [0.1, 0.15) is 27.7 Å². The average molecular weight is 327 g/mol. The van der Waals surface area contributed by atoms with Crippen LogP contribution >= 0.6 is 0 Å². The standard InChI is InChI=1S/C15H20BFN3O3.Li/c1-14(2)15(3,4)23-16(21,22-14)11-9-20(5)19-13(11)12-7-6-10(17)8-18-12;/h6-9,21H,1-5H3;/q-1;+1. The van der Waals surface area contributed by atoms with Crippen molar-refractivity contribution >= 4 is 12.2 Å². The van der Waals surface area contributed by atoms with Crippen LogP contribution in [0.3, 0.4) is 0 Å². The topological polar surface area (TPSA) is 69.4 Å². The second kappa shape index (κ2) is 5.97. The molecule has 0 aliphatic carbocycles. The van der Waals surface area contributed by atoms with Gasteiger partial charge in [-0.3, -0.25) is 9.67 Å². The van der Waals surface area contributed by atoms with E-state index in [-0.39, 0.29) is 18.9 Å². The molecule has 3 heterocycles. The van der Waals surface area contributed by atoms with Gasteiger partial charge in [0.2, 0.25) is 0 Å².